The van der Waals surface area contributed by atoms with Gasteiger partial charge in [0.25, 0.3) is 5.56 Å². The van der Waals surface area contributed by atoms with Gasteiger partial charge in [0, 0.05) is 24.4 Å². The van der Waals surface area contributed by atoms with Crippen LogP contribution in [0.2, 0.25) is 0 Å². The van der Waals surface area contributed by atoms with Gasteiger partial charge in [-0.15, -0.1) is 0 Å². The fourth-order valence-corrected chi connectivity index (χ4v) is 3.34. The van der Waals surface area contributed by atoms with Crippen LogP contribution in [0, 0.1) is 5.82 Å². The summed E-state index contributed by atoms with van der Waals surface area (Å²) in [5, 5.41) is 4.68. The summed E-state index contributed by atoms with van der Waals surface area (Å²) < 4.78 is 27.3. The maximum Gasteiger partial charge on any atom is 0.331 e. The van der Waals surface area contributed by atoms with Gasteiger partial charge in [-0.3, -0.25) is 9.59 Å². The van der Waals surface area contributed by atoms with E-state index >= 15 is 4.39 Å². The third-order valence-corrected chi connectivity index (χ3v) is 5.54. The van der Waals surface area contributed by atoms with Crippen molar-refractivity contribution in [1.29, 1.82) is 0 Å². The average molecular weight is 510 g/mol. The summed E-state index contributed by atoms with van der Waals surface area (Å²) in [5.74, 6) is -1.09. The number of carbonyl (C=O) groups is 1. The van der Waals surface area contributed by atoms with Gasteiger partial charge >= 0.3 is 13.5 Å². The minimum Gasteiger partial charge on any atom is -0.461 e. The predicted octanol–water partition coefficient (Wildman–Crippen LogP) is 4.30. The summed E-state index contributed by atoms with van der Waals surface area (Å²) in [6.07, 6.45) is 2.72. The summed E-state index contributed by atoms with van der Waals surface area (Å²) in [6.45, 7) is 15.3. The molecule has 7 nitrogen and oxygen atoms in total. The maximum absolute atomic E-state index is 15.1. The molecule has 1 radical (unpaired) electrons. The normalized spacial score (nSPS) is 11.6. The first-order chi connectivity index (χ1) is 17.3. The second-order valence-corrected chi connectivity index (χ2v) is 10.6. The molecule has 199 valence electrons. The van der Waals surface area contributed by atoms with E-state index < -0.39 is 22.9 Å². The van der Waals surface area contributed by atoms with E-state index in [1.165, 1.54) is 33.1 Å². The van der Waals surface area contributed by atoms with Crippen LogP contribution in [0.25, 0.3) is 16.5 Å². The number of ether oxygens (including phenoxy) is 1. The van der Waals surface area contributed by atoms with E-state index in [1.54, 1.807) is 24.3 Å². The fourth-order valence-electron chi connectivity index (χ4n) is 3.34. The van der Waals surface area contributed by atoms with Crippen molar-refractivity contribution in [3.63, 3.8) is 0 Å². The van der Waals surface area contributed by atoms with Gasteiger partial charge in [-0.05, 0) is 48.5 Å². The number of esters is 1. The molecule has 0 amide bonds. The first-order valence-corrected chi connectivity index (χ1v) is 12.4. The molecular formula is C28H38BFN3O4. The van der Waals surface area contributed by atoms with Crippen molar-refractivity contribution in [2.75, 3.05) is 6.54 Å². The Balaban J connectivity index is 0.00000153. The van der Waals surface area contributed by atoms with Crippen molar-refractivity contribution >= 4 is 29.7 Å². The zero-order valence-electron chi connectivity index (χ0n) is 23.1. The number of carbonyl (C=O) groups excluding carboxylic acids is 1. The van der Waals surface area contributed by atoms with Crippen LogP contribution in [-0.4, -0.2) is 35.4 Å². The summed E-state index contributed by atoms with van der Waals surface area (Å²) >= 11 is 0. The smallest absolute Gasteiger partial charge is 0.331 e. The quantitative estimate of drug-likeness (QED) is 0.376. The van der Waals surface area contributed by atoms with E-state index in [0.29, 0.717) is 22.1 Å². The molecule has 0 aliphatic heterocycles. The van der Waals surface area contributed by atoms with Crippen molar-refractivity contribution in [3.05, 3.63) is 63.8 Å². The summed E-state index contributed by atoms with van der Waals surface area (Å²) in [5.41, 5.74) is 6.42. The van der Waals surface area contributed by atoms with Crippen LogP contribution in [0.1, 0.15) is 72.9 Å². The first-order valence-electron chi connectivity index (χ1n) is 12.4. The second-order valence-electron chi connectivity index (χ2n) is 10.6. The Morgan fingerprint density at radius 1 is 1.16 bits per heavy atom. The van der Waals surface area contributed by atoms with Crippen molar-refractivity contribution in [2.45, 2.75) is 79.4 Å². The number of benzene rings is 2. The molecule has 0 atom stereocenters. The molecule has 0 bridgehead atoms. The minimum absolute atomic E-state index is 0.0589. The Hall–Kier alpha value is -3.04. The Labute approximate surface area is 219 Å². The standard InChI is InChI=1S/C25H30BFN3O4.C3H8/c1-15(31)33-13-18-19(26-34-25(5,6)14-28)8-7-9-21(18)30-23(32)22-16(12-29-30)10-17(11-20(22)27)24(2,3)4;1-3-2/h7-12H,13-14,28H2,1-6H3;3H2,1-2H3. The van der Waals surface area contributed by atoms with Gasteiger partial charge < -0.3 is 15.1 Å². The van der Waals surface area contributed by atoms with E-state index in [2.05, 4.69) is 18.9 Å². The van der Waals surface area contributed by atoms with Gasteiger partial charge in [-0.2, -0.15) is 9.78 Å². The highest BCUT2D eigenvalue weighted by Crippen LogP contribution is 2.27. The van der Waals surface area contributed by atoms with E-state index in [1.807, 2.05) is 34.6 Å². The molecule has 9 heteroatoms. The van der Waals surface area contributed by atoms with Crippen LogP contribution < -0.4 is 16.8 Å². The Morgan fingerprint density at radius 2 is 1.81 bits per heavy atom. The lowest BCUT2D eigenvalue weighted by Crippen LogP contribution is -2.39. The highest BCUT2D eigenvalue weighted by atomic mass is 19.1. The molecule has 0 aliphatic carbocycles. The number of hydrogen-bond donors (Lipinski definition) is 1. The highest BCUT2D eigenvalue weighted by Gasteiger charge is 2.22. The fraction of sp³-hybridized carbons (Fsp3) is 0.464. The number of fused-ring (bicyclic) bond motifs is 1. The maximum atomic E-state index is 15.1. The van der Waals surface area contributed by atoms with Crippen molar-refractivity contribution in [3.8, 4) is 5.69 Å². The molecule has 0 saturated heterocycles. The van der Waals surface area contributed by atoms with Crippen LogP contribution >= 0.6 is 0 Å². The largest absolute Gasteiger partial charge is 0.461 e. The van der Waals surface area contributed by atoms with Crippen LogP contribution in [0.3, 0.4) is 0 Å². The number of rotatable bonds is 7. The van der Waals surface area contributed by atoms with Crippen molar-refractivity contribution in [1.82, 2.24) is 9.78 Å². The van der Waals surface area contributed by atoms with E-state index in [9.17, 15) is 9.59 Å². The number of nitrogens with two attached hydrogens (primary N) is 1. The van der Waals surface area contributed by atoms with E-state index in [-0.39, 0.29) is 24.0 Å². The Bertz CT molecular complexity index is 1300. The monoisotopic (exact) mass is 510 g/mol. The molecule has 1 aromatic heterocycles. The predicted molar refractivity (Wildman–Crippen MR) is 147 cm³/mol. The summed E-state index contributed by atoms with van der Waals surface area (Å²) in [7, 11) is 1.51. The highest BCUT2D eigenvalue weighted by molar-refractivity contribution is 6.48. The number of halogens is 1. The molecule has 3 aromatic rings. The number of hydrogen-bond acceptors (Lipinski definition) is 6. The molecule has 0 saturated carbocycles. The van der Waals surface area contributed by atoms with Gasteiger partial charge in [0.2, 0.25) is 0 Å². The lowest BCUT2D eigenvalue weighted by Gasteiger charge is -2.24. The molecule has 1 heterocycles. The van der Waals surface area contributed by atoms with Crippen LogP contribution in [-0.2, 0) is 26.2 Å². The Morgan fingerprint density at radius 3 is 2.38 bits per heavy atom. The minimum atomic E-state index is -0.624. The Kier molecular flexibility index (Phi) is 10.2. The first kappa shape index (κ1) is 30.2. The lowest BCUT2D eigenvalue weighted by atomic mass is 9.82. The molecule has 2 N–H and O–H groups in total. The SMILES string of the molecule is CC(=O)OCc1c([B]OC(C)(C)CN)cccc1-n1ncc2cc(C(C)(C)C)cc(F)c2c1=O.CCC. The molecular weight excluding hydrogens is 472 g/mol. The molecule has 0 aliphatic rings. The molecule has 3 rings (SSSR count). The molecule has 2 aromatic carbocycles. The van der Waals surface area contributed by atoms with Crippen LogP contribution in [0.15, 0.2) is 41.3 Å². The lowest BCUT2D eigenvalue weighted by molar-refractivity contribution is -0.142. The van der Waals surface area contributed by atoms with Gasteiger partial charge in [0.15, 0.2) is 0 Å². The van der Waals surface area contributed by atoms with E-state index in [0.717, 1.165) is 10.2 Å². The third kappa shape index (κ3) is 7.73. The van der Waals surface area contributed by atoms with Gasteiger partial charge in [-0.1, -0.05) is 53.2 Å². The molecule has 0 spiro atoms. The second kappa shape index (κ2) is 12.5. The number of nitrogens with zero attached hydrogens (tertiary/aromatic N) is 2. The summed E-state index contributed by atoms with van der Waals surface area (Å²) in [6, 6.07) is 8.31. The molecule has 37 heavy (non-hydrogen) atoms. The molecule has 0 fully saturated rings. The van der Waals surface area contributed by atoms with Gasteiger partial charge in [0.05, 0.1) is 22.9 Å². The van der Waals surface area contributed by atoms with Crippen LogP contribution in [0.4, 0.5) is 4.39 Å². The van der Waals surface area contributed by atoms with Crippen molar-refractivity contribution in [2.24, 2.45) is 5.73 Å². The number of aromatic nitrogens is 2. The average Bonchev–Trinajstić information content (AvgIpc) is 2.81. The van der Waals surface area contributed by atoms with Crippen molar-refractivity contribution < 1.29 is 18.6 Å². The van der Waals surface area contributed by atoms with Gasteiger partial charge in [-0.25, -0.2) is 4.39 Å². The zero-order valence-corrected chi connectivity index (χ0v) is 23.1. The summed E-state index contributed by atoms with van der Waals surface area (Å²) in [4.78, 5) is 24.9. The van der Waals surface area contributed by atoms with Gasteiger partial charge in [0.1, 0.15) is 12.4 Å². The zero-order chi connectivity index (χ0) is 28.0. The third-order valence-electron chi connectivity index (χ3n) is 5.54. The molecule has 0 unspecified atom stereocenters. The topological polar surface area (TPSA) is 96.4 Å². The van der Waals surface area contributed by atoms with E-state index in [4.69, 9.17) is 15.1 Å². The van der Waals surface area contributed by atoms with Crippen LogP contribution in [0.5, 0.6) is 0 Å².